The van der Waals surface area contributed by atoms with E-state index in [0.29, 0.717) is 17.1 Å². The summed E-state index contributed by atoms with van der Waals surface area (Å²) in [7, 11) is 2.23. The number of halogens is 1. The second-order valence-corrected chi connectivity index (χ2v) is 8.43. The molecule has 2 aliphatic rings. The molecule has 0 amide bonds. The Bertz CT molecular complexity index is 1040. The lowest BCUT2D eigenvalue weighted by molar-refractivity contribution is -0.0979. The maximum Gasteiger partial charge on any atom is 0.141 e. The zero-order valence-corrected chi connectivity index (χ0v) is 19.4. The van der Waals surface area contributed by atoms with Crippen LogP contribution in [0.4, 0.5) is 10.2 Å². The minimum atomic E-state index is -0.324. The third kappa shape index (κ3) is 6.21. The fraction of sp³-hybridized carbons (Fsp3) is 0.346. The number of nitrogen functional groups attached to an aromatic ring is 1. The van der Waals surface area contributed by atoms with Crippen LogP contribution in [0.2, 0.25) is 0 Å². The molecule has 1 unspecified atom stereocenters. The number of nitrogens with two attached hydrogens (primary N) is 1. The Kier molecular flexibility index (Phi) is 8.63. The number of likely N-dealkylation sites (N-methyl/N-ethyl adjacent to an activating group) is 1. The molecule has 0 radical (unpaired) electrons. The number of hydrogen-bond acceptors (Lipinski definition) is 6. The van der Waals surface area contributed by atoms with Crippen LogP contribution in [0.15, 0.2) is 54.9 Å². The van der Waals surface area contributed by atoms with Crippen LogP contribution in [0.1, 0.15) is 18.4 Å². The van der Waals surface area contributed by atoms with Gasteiger partial charge in [-0.15, -0.1) is 0 Å². The smallest absolute Gasteiger partial charge is 0.141 e. The molecular formula is C26H32FN5O. The number of fused-ring (bicyclic) bond motifs is 1. The van der Waals surface area contributed by atoms with E-state index >= 15 is 0 Å². The van der Waals surface area contributed by atoms with Crippen LogP contribution in [0.25, 0.3) is 22.4 Å². The summed E-state index contributed by atoms with van der Waals surface area (Å²) in [6.07, 6.45) is 5.76. The summed E-state index contributed by atoms with van der Waals surface area (Å²) >= 11 is 0. The van der Waals surface area contributed by atoms with Gasteiger partial charge in [-0.25, -0.2) is 9.37 Å². The lowest BCUT2D eigenvalue weighted by Crippen LogP contribution is -2.48. The third-order valence-electron chi connectivity index (χ3n) is 6.16. The second-order valence-electron chi connectivity index (χ2n) is 8.43. The molecule has 5 rings (SSSR count). The molecule has 0 aliphatic carbocycles. The first kappa shape index (κ1) is 24.5. The van der Waals surface area contributed by atoms with Crippen LogP contribution in [-0.4, -0.2) is 65.8 Å². The molecule has 1 aromatic heterocycles. The number of rotatable bonds is 2. The van der Waals surface area contributed by atoms with Crippen molar-refractivity contribution in [3.05, 3.63) is 66.2 Å². The molecule has 1 atom stereocenters. The van der Waals surface area contributed by atoms with E-state index in [1.54, 1.807) is 6.07 Å². The molecule has 2 fully saturated rings. The van der Waals surface area contributed by atoms with Crippen LogP contribution in [0, 0.1) is 12.7 Å². The predicted octanol–water partition coefficient (Wildman–Crippen LogP) is 4.05. The normalized spacial score (nSPS) is 17.8. The number of carbonyl (C=O) groups excluding carboxylic acids is 1. The molecule has 2 saturated heterocycles. The van der Waals surface area contributed by atoms with E-state index in [0.717, 1.165) is 22.7 Å². The van der Waals surface area contributed by atoms with Crippen LogP contribution >= 0.6 is 0 Å². The highest BCUT2D eigenvalue weighted by Gasteiger charge is 2.28. The van der Waals surface area contributed by atoms with Gasteiger partial charge in [-0.3, -0.25) is 9.88 Å². The Labute approximate surface area is 195 Å². The average molecular weight is 450 g/mol. The number of anilines is 1. The Balaban J connectivity index is 0.000000212. The quantitative estimate of drug-likeness (QED) is 0.636. The highest BCUT2D eigenvalue weighted by molar-refractivity contribution is 5.71. The van der Waals surface area contributed by atoms with E-state index in [2.05, 4.69) is 26.8 Å². The van der Waals surface area contributed by atoms with E-state index in [1.165, 1.54) is 57.5 Å². The van der Waals surface area contributed by atoms with Gasteiger partial charge < -0.3 is 15.4 Å². The van der Waals surface area contributed by atoms with Crippen molar-refractivity contribution in [2.75, 3.05) is 39.0 Å². The number of nitrogens with zero attached hydrogens (tertiary/aromatic N) is 4. The first-order valence-corrected chi connectivity index (χ1v) is 11.2. The molecule has 3 heterocycles. The largest absolute Gasteiger partial charge is 0.382 e. The van der Waals surface area contributed by atoms with Crippen LogP contribution in [-0.2, 0) is 4.79 Å². The van der Waals surface area contributed by atoms with Crippen molar-refractivity contribution in [3.63, 3.8) is 0 Å². The van der Waals surface area contributed by atoms with Crippen LogP contribution in [0.3, 0.4) is 0 Å². The summed E-state index contributed by atoms with van der Waals surface area (Å²) in [5, 5.41) is 0. The lowest BCUT2D eigenvalue weighted by Gasteiger charge is -2.35. The topological polar surface area (TPSA) is 75.4 Å². The zero-order valence-electron chi connectivity index (χ0n) is 19.4. The summed E-state index contributed by atoms with van der Waals surface area (Å²) < 4.78 is 14.4. The van der Waals surface area contributed by atoms with E-state index in [4.69, 9.17) is 10.5 Å². The monoisotopic (exact) mass is 449 g/mol. The van der Waals surface area contributed by atoms with Crippen molar-refractivity contribution in [3.8, 4) is 22.4 Å². The predicted molar refractivity (Wildman–Crippen MR) is 131 cm³/mol. The Morgan fingerprint density at radius 2 is 1.82 bits per heavy atom. The summed E-state index contributed by atoms with van der Waals surface area (Å²) in [5.74, 6) is -0.00878. The number of carbonyl (C=O) groups is 1. The van der Waals surface area contributed by atoms with Gasteiger partial charge in [0.2, 0.25) is 0 Å². The van der Waals surface area contributed by atoms with Gasteiger partial charge in [-0.2, -0.15) is 0 Å². The maximum atomic E-state index is 14.4. The highest BCUT2D eigenvalue weighted by atomic mass is 19.1. The standard InChI is InChI=1S/C17H14FN3.C8H16N2.CH2O/c1-11-4-2-3-5-13(11)12-6-7-14(15(18)8-12)16-9-21-17(19)10-20-16;1-9-5-6-10-4-2-3-8(10)7-9;1-2/h2-10H,1H3,(H2,19,21);8H,2-7H2,1H3;1H2. The van der Waals surface area contributed by atoms with Crippen molar-refractivity contribution in [1.82, 2.24) is 19.8 Å². The summed E-state index contributed by atoms with van der Waals surface area (Å²) in [4.78, 5) is 21.1. The minimum absolute atomic E-state index is 0.315. The number of hydrogen-bond donors (Lipinski definition) is 1. The van der Waals surface area contributed by atoms with Gasteiger partial charge in [0.05, 0.1) is 18.1 Å². The van der Waals surface area contributed by atoms with Gasteiger partial charge in [0, 0.05) is 31.2 Å². The molecule has 6 nitrogen and oxygen atoms in total. The molecule has 0 saturated carbocycles. The Hall–Kier alpha value is -3.16. The fourth-order valence-electron chi connectivity index (χ4n) is 4.41. The number of aryl methyl sites for hydroxylation is 1. The summed E-state index contributed by atoms with van der Waals surface area (Å²) in [5.41, 5.74) is 9.35. The van der Waals surface area contributed by atoms with Crippen LogP contribution in [0.5, 0.6) is 0 Å². The van der Waals surface area contributed by atoms with E-state index in [1.807, 2.05) is 44.0 Å². The molecule has 7 heteroatoms. The summed E-state index contributed by atoms with van der Waals surface area (Å²) in [6, 6.07) is 13.9. The zero-order chi connectivity index (χ0) is 23.8. The van der Waals surface area contributed by atoms with Crippen LogP contribution < -0.4 is 5.73 Å². The van der Waals surface area contributed by atoms with Crippen molar-refractivity contribution >= 4 is 12.6 Å². The first-order valence-electron chi connectivity index (χ1n) is 11.2. The van der Waals surface area contributed by atoms with Crippen molar-refractivity contribution in [2.24, 2.45) is 0 Å². The molecule has 3 aromatic rings. The molecule has 0 bridgehead atoms. The average Bonchev–Trinajstić information content (AvgIpc) is 3.29. The molecule has 0 spiro atoms. The van der Waals surface area contributed by atoms with Crippen molar-refractivity contribution < 1.29 is 9.18 Å². The van der Waals surface area contributed by atoms with Gasteiger partial charge in [-0.1, -0.05) is 30.3 Å². The molecule has 2 aromatic carbocycles. The van der Waals surface area contributed by atoms with Crippen molar-refractivity contribution in [2.45, 2.75) is 25.8 Å². The van der Waals surface area contributed by atoms with E-state index in [9.17, 15) is 4.39 Å². The minimum Gasteiger partial charge on any atom is -0.382 e. The molecule has 33 heavy (non-hydrogen) atoms. The van der Waals surface area contributed by atoms with Gasteiger partial charge in [0.1, 0.15) is 18.4 Å². The fourth-order valence-corrected chi connectivity index (χ4v) is 4.41. The van der Waals surface area contributed by atoms with E-state index < -0.39 is 0 Å². The lowest BCUT2D eigenvalue weighted by atomic mass is 9.98. The first-order chi connectivity index (χ1) is 16.0. The van der Waals surface area contributed by atoms with Gasteiger partial charge in [0.25, 0.3) is 0 Å². The SMILES string of the molecule is C=O.CN1CCN2CCCC2C1.Cc1ccccc1-c1ccc(-c2cnc(N)cn2)c(F)c1. The third-order valence-corrected chi connectivity index (χ3v) is 6.16. The molecule has 174 valence electrons. The molecule has 2 N–H and O–H groups in total. The van der Waals surface area contributed by atoms with Gasteiger partial charge in [-0.05, 0) is 62.2 Å². The number of aromatic nitrogens is 2. The Morgan fingerprint density at radius 1 is 1.03 bits per heavy atom. The Morgan fingerprint density at radius 3 is 2.52 bits per heavy atom. The molecule has 2 aliphatic heterocycles. The van der Waals surface area contributed by atoms with Gasteiger partial charge in [0.15, 0.2) is 0 Å². The van der Waals surface area contributed by atoms with Gasteiger partial charge >= 0.3 is 0 Å². The van der Waals surface area contributed by atoms with Crippen molar-refractivity contribution in [1.29, 1.82) is 0 Å². The number of piperazine rings is 1. The van der Waals surface area contributed by atoms with E-state index in [-0.39, 0.29) is 5.82 Å². The second kappa shape index (κ2) is 11.6. The summed E-state index contributed by atoms with van der Waals surface area (Å²) in [6.45, 7) is 9.25. The highest BCUT2D eigenvalue weighted by Crippen LogP contribution is 2.28. The molecular weight excluding hydrogens is 417 g/mol. The number of benzene rings is 2. The maximum absolute atomic E-state index is 14.4.